The molecule has 0 fully saturated rings. The minimum atomic E-state index is 0.690. The van der Waals surface area contributed by atoms with E-state index in [1.807, 2.05) is 6.07 Å². The second-order valence-corrected chi connectivity index (χ2v) is 7.62. The van der Waals surface area contributed by atoms with Gasteiger partial charge in [-0.15, -0.1) is 0 Å². The van der Waals surface area contributed by atoms with Gasteiger partial charge in [0.1, 0.15) is 0 Å². The highest BCUT2D eigenvalue weighted by atomic mass is 79.9. The van der Waals surface area contributed by atoms with Crippen molar-refractivity contribution < 1.29 is 0 Å². The highest BCUT2D eigenvalue weighted by Gasteiger charge is 2.04. The molecule has 0 aromatic heterocycles. The summed E-state index contributed by atoms with van der Waals surface area (Å²) in [4.78, 5) is 2.54. The second kappa shape index (κ2) is 8.02. The predicted molar refractivity (Wildman–Crippen MR) is 96.0 cm³/mol. The van der Waals surface area contributed by atoms with E-state index in [-0.39, 0.29) is 0 Å². The standard InChI is InChI=1S/C18H22BrNS/c1-13(2)11-20-12-15-8-9-16(10-14(15)3)21-18-7-5-4-6-17(18)19/h4-10,13,20H,11-12H2,1-3H3. The van der Waals surface area contributed by atoms with Gasteiger partial charge in [0.05, 0.1) is 0 Å². The van der Waals surface area contributed by atoms with Gasteiger partial charge in [0.15, 0.2) is 0 Å². The Bertz CT molecular complexity index is 596. The van der Waals surface area contributed by atoms with Gasteiger partial charge in [-0.25, -0.2) is 0 Å². The number of aryl methyl sites for hydroxylation is 1. The molecule has 0 radical (unpaired) electrons. The van der Waals surface area contributed by atoms with E-state index in [0.29, 0.717) is 5.92 Å². The molecule has 3 heteroatoms. The van der Waals surface area contributed by atoms with Crippen LogP contribution in [0, 0.1) is 12.8 Å². The van der Waals surface area contributed by atoms with Gasteiger partial charge in [0.25, 0.3) is 0 Å². The molecular formula is C18H22BrNS. The summed E-state index contributed by atoms with van der Waals surface area (Å²) in [7, 11) is 0. The van der Waals surface area contributed by atoms with Crippen molar-refractivity contribution in [3.05, 3.63) is 58.1 Å². The maximum atomic E-state index is 3.60. The van der Waals surface area contributed by atoms with Crippen LogP contribution >= 0.6 is 27.7 Å². The quantitative estimate of drug-likeness (QED) is 0.710. The topological polar surface area (TPSA) is 12.0 Å². The molecule has 112 valence electrons. The van der Waals surface area contributed by atoms with Gasteiger partial charge in [-0.1, -0.05) is 43.8 Å². The lowest BCUT2D eigenvalue weighted by Crippen LogP contribution is -2.19. The summed E-state index contributed by atoms with van der Waals surface area (Å²) in [5.74, 6) is 0.690. The molecule has 2 aromatic rings. The molecule has 1 nitrogen and oxygen atoms in total. The first kappa shape index (κ1) is 16.6. The van der Waals surface area contributed by atoms with Crippen LogP contribution in [-0.4, -0.2) is 6.54 Å². The number of hydrogen-bond donors (Lipinski definition) is 1. The Kier molecular flexibility index (Phi) is 6.34. The third kappa shape index (κ3) is 5.17. The van der Waals surface area contributed by atoms with Gasteiger partial charge in [0.2, 0.25) is 0 Å². The molecule has 0 spiro atoms. The lowest BCUT2D eigenvalue weighted by molar-refractivity contribution is 0.551. The van der Waals surface area contributed by atoms with Crippen LogP contribution in [-0.2, 0) is 6.54 Å². The molecule has 2 rings (SSSR count). The molecule has 0 atom stereocenters. The van der Waals surface area contributed by atoms with Crippen molar-refractivity contribution >= 4 is 27.7 Å². The van der Waals surface area contributed by atoms with Gasteiger partial charge in [-0.05, 0) is 70.7 Å². The number of halogens is 1. The second-order valence-electron chi connectivity index (χ2n) is 5.65. The van der Waals surface area contributed by atoms with Crippen LogP contribution in [0.1, 0.15) is 25.0 Å². The smallest absolute Gasteiger partial charge is 0.0314 e. The van der Waals surface area contributed by atoms with Crippen LogP contribution < -0.4 is 5.32 Å². The first-order valence-electron chi connectivity index (χ1n) is 7.29. The Balaban J connectivity index is 2.03. The van der Waals surface area contributed by atoms with Crippen molar-refractivity contribution in [3.8, 4) is 0 Å². The van der Waals surface area contributed by atoms with E-state index >= 15 is 0 Å². The zero-order chi connectivity index (χ0) is 15.2. The molecule has 0 saturated heterocycles. The maximum absolute atomic E-state index is 3.60. The van der Waals surface area contributed by atoms with Crippen molar-refractivity contribution in [1.82, 2.24) is 5.32 Å². The van der Waals surface area contributed by atoms with Crippen LogP contribution in [0.2, 0.25) is 0 Å². The molecule has 2 aromatic carbocycles. The molecular weight excluding hydrogens is 342 g/mol. The van der Waals surface area contributed by atoms with Gasteiger partial charge in [0, 0.05) is 20.8 Å². The van der Waals surface area contributed by atoms with Crippen LogP contribution in [0.3, 0.4) is 0 Å². The predicted octanol–water partition coefficient (Wildman–Crippen LogP) is 5.65. The normalized spacial score (nSPS) is 11.1. The fraction of sp³-hybridized carbons (Fsp3) is 0.333. The Morgan fingerprint density at radius 1 is 1.14 bits per heavy atom. The minimum Gasteiger partial charge on any atom is -0.312 e. The van der Waals surface area contributed by atoms with E-state index in [1.165, 1.54) is 20.9 Å². The largest absolute Gasteiger partial charge is 0.312 e. The van der Waals surface area contributed by atoms with Crippen molar-refractivity contribution in [2.24, 2.45) is 5.92 Å². The maximum Gasteiger partial charge on any atom is 0.0314 e. The zero-order valence-corrected chi connectivity index (χ0v) is 15.2. The molecule has 0 bridgehead atoms. The number of benzene rings is 2. The Hall–Kier alpha value is -0.770. The summed E-state index contributed by atoms with van der Waals surface area (Å²) in [6.07, 6.45) is 0. The monoisotopic (exact) mass is 363 g/mol. The third-order valence-electron chi connectivity index (χ3n) is 3.25. The van der Waals surface area contributed by atoms with E-state index in [0.717, 1.165) is 17.6 Å². The van der Waals surface area contributed by atoms with Crippen molar-refractivity contribution in [2.45, 2.75) is 37.1 Å². The minimum absolute atomic E-state index is 0.690. The highest BCUT2D eigenvalue weighted by Crippen LogP contribution is 2.33. The van der Waals surface area contributed by atoms with E-state index in [1.54, 1.807) is 11.8 Å². The van der Waals surface area contributed by atoms with Gasteiger partial charge in [-0.3, -0.25) is 0 Å². The molecule has 0 unspecified atom stereocenters. The van der Waals surface area contributed by atoms with Crippen LogP contribution in [0.25, 0.3) is 0 Å². The zero-order valence-electron chi connectivity index (χ0n) is 12.8. The molecule has 0 amide bonds. The SMILES string of the molecule is Cc1cc(Sc2ccccc2Br)ccc1CNCC(C)C. The summed E-state index contributed by atoms with van der Waals surface area (Å²) in [6.45, 7) is 8.67. The lowest BCUT2D eigenvalue weighted by Gasteiger charge is -2.11. The summed E-state index contributed by atoms with van der Waals surface area (Å²) >= 11 is 5.40. The highest BCUT2D eigenvalue weighted by molar-refractivity contribution is 9.10. The first-order chi connectivity index (χ1) is 10.1. The average molecular weight is 364 g/mol. The van der Waals surface area contributed by atoms with E-state index in [2.05, 4.69) is 78.4 Å². The van der Waals surface area contributed by atoms with Gasteiger partial charge in [-0.2, -0.15) is 0 Å². The van der Waals surface area contributed by atoms with E-state index < -0.39 is 0 Å². The molecule has 1 N–H and O–H groups in total. The average Bonchev–Trinajstić information content (AvgIpc) is 2.43. The van der Waals surface area contributed by atoms with Gasteiger partial charge >= 0.3 is 0 Å². The lowest BCUT2D eigenvalue weighted by atomic mass is 10.1. The molecule has 0 aliphatic carbocycles. The van der Waals surface area contributed by atoms with Crippen LogP contribution in [0.15, 0.2) is 56.7 Å². The number of nitrogens with one attached hydrogen (secondary N) is 1. The van der Waals surface area contributed by atoms with E-state index in [9.17, 15) is 0 Å². The van der Waals surface area contributed by atoms with E-state index in [4.69, 9.17) is 0 Å². The Morgan fingerprint density at radius 2 is 1.90 bits per heavy atom. The summed E-state index contributed by atoms with van der Waals surface area (Å²) in [5.41, 5.74) is 2.73. The molecule has 21 heavy (non-hydrogen) atoms. The molecule has 0 aliphatic rings. The van der Waals surface area contributed by atoms with Crippen LogP contribution in [0.4, 0.5) is 0 Å². The Labute approximate surface area is 140 Å². The third-order valence-corrected chi connectivity index (χ3v) is 5.27. The number of hydrogen-bond acceptors (Lipinski definition) is 2. The van der Waals surface area contributed by atoms with Crippen molar-refractivity contribution in [2.75, 3.05) is 6.54 Å². The fourth-order valence-corrected chi connectivity index (χ4v) is 3.55. The molecule has 0 saturated carbocycles. The summed E-state index contributed by atoms with van der Waals surface area (Å²) < 4.78 is 1.15. The summed E-state index contributed by atoms with van der Waals surface area (Å²) in [5, 5.41) is 3.51. The summed E-state index contributed by atoms with van der Waals surface area (Å²) in [6, 6.07) is 15.1. The Morgan fingerprint density at radius 3 is 2.57 bits per heavy atom. The van der Waals surface area contributed by atoms with Crippen molar-refractivity contribution in [3.63, 3.8) is 0 Å². The fourth-order valence-electron chi connectivity index (χ4n) is 2.08. The molecule has 0 heterocycles. The van der Waals surface area contributed by atoms with Crippen LogP contribution in [0.5, 0.6) is 0 Å². The van der Waals surface area contributed by atoms with Gasteiger partial charge < -0.3 is 5.32 Å². The number of rotatable bonds is 6. The molecule has 0 aliphatic heterocycles. The first-order valence-corrected chi connectivity index (χ1v) is 8.90. The van der Waals surface area contributed by atoms with Crippen molar-refractivity contribution in [1.29, 1.82) is 0 Å².